The fourth-order valence-corrected chi connectivity index (χ4v) is 3.86. The summed E-state index contributed by atoms with van der Waals surface area (Å²) in [6.07, 6.45) is 1.77. The Morgan fingerprint density at radius 1 is 1.09 bits per heavy atom. The van der Waals surface area contributed by atoms with Crippen LogP contribution in [0, 0.1) is 0 Å². The minimum atomic E-state index is -0.499. The molecule has 11 heteroatoms. The van der Waals surface area contributed by atoms with Crippen molar-refractivity contribution in [2.45, 2.75) is 6.54 Å². The van der Waals surface area contributed by atoms with Crippen molar-refractivity contribution < 1.29 is 14.7 Å². The van der Waals surface area contributed by atoms with Crippen molar-refractivity contribution in [1.82, 2.24) is 30.4 Å². The predicted octanol–water partition coefficient (Wildman–Crippen LogP) is 3.82. The summed E-state index contributed by atoms with van der Waals surface area (Å²) >= 11 is 6.34. The molecule has 35 heavy (non-hydrogen) atoms. The number of hydrogen-bond acceptors (Lipinski definition) is 7. The molecule has 0 spiro atoms. The largest absolute Gasteiger partial charge is 0.394 e. The van der Waals surface area contributed by atoms with E-state index in [0.717, 1.165) is 22.0 Å². The van der Waals surface area contributed by atoms with Crippen molar-refractivity contribution in [2.75, 3.05) is 13.2 Å². The molecule has 1 amide bonds. The molecule has 5 aromatic rings. The highest BCUT2D eigenvalue weighted by Gasteiger charge is 2.14. The van der Waals surface area contributed by atoms with Crippen LogP contribution in [0.25, 0.3) is 33.3 Å². The highest BCUT2D eigenvalue weighted by molar-refractivity contribution is 6.34. The van der Waals surface area contributed by atoms with Crippen molar-refractivity contribution in [1.29, 1.82) is 0 Å². The maximum Gasteiger partial charge on any atom is 0.276 e. The average molecular weight is 511 g/mol. The number of aromatic nitrogens is 5. The molecule has 178 valence electrons. The number of hydrogen-bond donors (Lipinski definition) is 2. The Kier molecular flexibility index (Phi) is 7.52. The number of nitrogens with one attached hydrogen (secondary N) is 1. The number of fused-ring (bicyclic) bond motifs is 2. The molecule has 0 unspecified atom stereocenters. The van der Waals surface area contributed by atoms with Gasteiger partial charge in [-0.2, -0.15) is 0 Å². The molecule has 3 aromatic heterocycles. The second-order valence-electron chi connectivity index (χ2n) is 7.51. The highest BCUT2D eigenvalue weighted by Crippen LogP contribution is 2.26. The molecule has 0 radical (unpaired) electrons. The van der Waals surface area contributed by atoms with Crippen molar-refractivity contribution >= 4 is 52.0 Å². The summed E-state index contributed by atoms with van der Waals surface area (Å²) in [6.45, 7) is 0.291. The fraction of sp³-hybridized carbons (Fsp3) is 0.125. The van der Waals surface area contributed by atoms with Crippen molar-refractivity contribution in [3.05, 3.63) is 83.0 Å². The molecule has 9 nitrogen and oxygen atoms in total. The van der Waals surface area contributed by atoms with E-state index in [1.165, 1.54) is 0 Å². The maximum atomic E-state index is 12.2. The highest BCUT2D eigenvalue weighted by atomic mass is 35.5. The van der Waals surface area contributed by atoms with Crippen LogP contribution >= 0.6 is 24.0 Å². The van der Waals surface area contributed by atoms with Gasteiger partial charge in [0.2, 0.25) is 0 Å². The van der Waals surface area contributed by atoms with Crippen LogP contribution in [-0.4, -0.2) is 49.2 Å². The van der Waals surface area contributed by atoms with Crippen molar-refractivity contribution in [3.8, 4) is 11.3 Å². The molecule has 0 bridgehead atoms. The summed E-state index contributed by atoms with van der Waals surface area (Å²) in [5.74, 6) is -0.499. The van der Waals surface area contributed by atoms with Gasteiger partial charge in [-0.1, -0.05) is 35.0 Å². The molecule has 2 aromatic carbocycles. The minimum absolute atomic E-state index is 0. The Balaban J connectivity index is 0.00000289. The number of aliphatic hydroxyl groups excluding tert-OH is 1. The zero-order chi connectivity index (χ0) is 23.5. The first-order valence-corrected chi connectivity index (χ1v) is 10.9. The molecular weight excluding hydrogens is 491 g/mol. The second-order valence-corrected chi connectivity index (χ2v) is 7.92. The SMILES string of the molecule is Cl.O=C(NOCCO)c1ccc(-c2ccc3nnn(Cc4ccc5ncccc5c4)c3n2)cc1Cl. The fourth-order valence-electron chi connectivity index (χ4n) is 3.59. The molecule has 0 fully saturated rings. The van der Waals surface area contributed by atoms with Crippen molar-refractivity contribution in [3.63, 3.8) is 0 Å². The van der Waals surface area contributed by atoms with E-state index in [2.05, 4.69) is 26.8 Å². The van der Waals surface area contributed by atoms with E-state index >= 15 is 0 Å². The normalized spacial score (nSPS) is 10.9. The number of amides is 1. The van der Waals surface area contributed by atoms with Crippen LogP contribution in [0.5, 0.6) is 0 Å². The number of pyridine rings is 2. The maximum absolute atomic E-state index is 12.2. The Hall–Kier alpha value is -3.63. The lowest BCUT2D eigenvalue weighted by Crippen LogP contribution is -2.25. The molecular formula is C24H20Cl2N6O3. The van der Waals surface area contributed by atoms with Gasteiger partial charge in [0.1, 0.15) is 5.52 Å². The zero-order valence-corrected chi connectivity index (χ0v) is 19.8. The smallest absolute Gasteiger partial charge is 0.276 e. The number of halogens is 2. The number of aliphatic hydroxyl groups is 1. The van der Waals surface area contributed by atoms with Gasteiger partial charge >= 0.3 is 0 Å². The Morgan fingerprint density at radius 2 is 1.94 bits per heavy atom. The number of rotatable bonds is 7. The number of hydroxylamine groups is 1. The molecule has 0 aliphatic carbocycles. The van der Waals surface area contributed by atoms with E-state index in [1.54, 1.807) is 29.1 Å². The molecule has 0 aliphatic heterocycles. The first-order chi connectivity index (χ1) is 16.6. The van der Waals surface area contributed by atoms with Gasteiger partial charge in [-0.05, 0) is 48.0 Å². The van der Waals surface area contributed by atoms with E-state index in [9.17, 15) is 4.79 Å². The Bertz CT molecular complexity index is 1510. The second kappa shape index (κ2) is 10.7. The summed E-state index contributed by atoms with van der Waals surface area (Å²) in [5.41, 5.74) is 7.21. The lowest BCUT2D eigenvalue weighted by molar-refractivity contribution is 0.0168. The molecule has 0 saturated carbocycles. The van der Waals surface area contributed by atoms with Gasteiger partial charge in [0.05, 0.1) is 41.6 Å². The van der Waals surface area contributed by atoms with Crippen LogP contribution in [0.15, 0.2) is 66.9 Å². The Morgan fingerprint density at radius 3 is 2.77 bits per heavy atom. The minimum Gasteiger partial charge on any atom is -0.394 e. The molecule has 2 N–H and O–H groups in total. The Labute approximate surface area is 211 Å². The monoisotopic (exact) mass is 510 g/mol. The van der Waals surface area contributed by atoms with E-state index in [-0.39, 0.29) is 36.2 Å². The standard InChI is InChI=1S/C24H19ClN6O3.ClH/c25-19-13-17(4-5-18(19)24(33)29-34-11-10-32)21-7-8-22-23(27-21)31(30-28-22)14-15-3-6-20-16(12-15)2-1-9-26-20;/h1-9,12-13,32H,10-11,14H2,(H,29,33);1H. The summed E-state index contributed by atoms with van der Waals surface area (Å²) < 4.78 is 1.75. The lowest BCUT2D eigenvalue weighted by Gasteiger charge is -2.08. The number of carbonyl (C=O) groups is 1. The van der Waals surface area contributed by atoms with Gasteiger partial charge in [-0.25, -0.2) is 15.1 Å². The number of benzene rings is 2. The lowest BCUT2D eigenvalue weighted by atomic mass is 10.1. The van der Waals surface area contributed by atoms with Gasteiger partial charge < -0.3 is 5.11 Å². The van der Waals surface area contributed by atoms with Gasteiger partial charge in [-0.3, -0.25) is 14.6 Å². The van der Waals surface area contributed by atoms with Crippen molar-refractivity contribution in [2.24, 2.45) is 0 Å². The van der Waals surface area contributed by atoms with Gasteiger partial charge in [0, 0.05) is 17.1 Å². The van der Waals surface area contributed by atoms with Gasteiger partial charge in [-0.15, -0.1) is 17.5 Å². The van der Waals surface area contributed by atoms with Crippen LogP contribution in [0.1, 0.15) is 15.9 Å². The zero-order valence-electron chi connectivity index (χ0n) is 18.3. The first-order valence-electron chi connectivity index (χ1n) is 10.5. The topological polar surface area (TPSA) is 115 Å². The van der Waals surface area contributed by atoms with Crippen LogP contribution in [0.3, 0.4) is 0 Å². The third kappa shape index (κ3) is 5.23. The predicted molar refractivity (Wildman–Crippen MR) is 134 cm³/mol. The quantitative estimate of drug-likeness (QED) is 0.252. The molecule has 3 heterocycles. The number of carbonyl (C=O) groups excluding carboxylic acids is 1. The molecule has 0 aliphatic rings. The molecule has 5 rings (SSSR count). The van der Waals surface area contributed by atoms with Crippen LogP contribution in [0.2, 0.25) is 5.02 Å². The van der Waals surface area contributed by atoms with E-state index in [1.807, 2.05) is 36.4 Å². The third-order valence-corrected chi connectivity index (χ3v) is 5.54. The average Bonchev–Trinajstić information content (AvgIpc) is 3.26. The van der Waals surface area contributed by atoms with Crippen LogP contribution in [-0.2, 0) is 11.4 Å². The summed E-state index contributed by atoms with van der Waals surface area (Å²) in [5, 5.41) is 18.6. The van der Waals surface area contributed by atoms with Crippen LogP contribution < -0.4 is 5.48 Å². The van der Waals surface area contributed by atoms with Crippen LogP contribution in [0.4, 0.5) is 0 Å². The molecule has 0 atom stereocenters. The summed E-state index contributed by atoms with van der Waals surface area (Å²) in [6, 6.07) is 18.7. The van der Waals surface area contributed by atoms with E-state index in [4.69, 9.17) is 26.5 Å². The van der Waals surface area contributed by atoms with Gasteiger partial charge in [0.15, 0.2) is 5.65 Å². The summed E-state index contributed by atoms with van der Waals surface area (Å²) in [4.78, 5) is 26.2. The van der Waals surface area contributed by atoms with E-state index < -0.39 is 5.91 Å². The third-order valence-electron chi connectivity index (χ3n) is 5.23. The number of nitrogens with zero attached hydrogens (tertiary/aromatic N) is 5. The summed E-state index contributed by atoms with van der Waals surface area (Å²) in [7, 11) is 0. The van der Waals surface area contributed by atoms with Gasteiger partial charge in [0.25, 0.3) is 5.91 Å². The van der Waals surface area contributed by atoms with E-state index in [0.29, 0.717) is 23.4 Å². The molecule has 0 saturated heterocycles. The first kappa shape index (κ1) is 24.5.